The molecule has 1 amide bonds. The van der Waals surface area contributed by atoms with Crippen LogP contribution in [-0.4, -0.2) is 30.9 Å². The lowest BCUT2D eigenvalue weighted by atomic mass is 9.92. The molecule has 1 aromatic rings. The molecular formula is C18H26N2O3. The molecule has 0 aliphatic heterocycles. The van der Waals surface area contributed by atoms with Crippen LogP contribution in [0, 0.1) is 0 Å². The van der Waals surface area contributed by atoms with E-state index in [4.69, 9.17) is 10.5 Å². The Hall–Kier alpha value is -1.88. The SMILES string of the molecule is COc1ccc(C(=O)CCCC(=O)NC2CCC(N)CC2)cc1. The second kappa shape index (κ2) is 8.67. The van der Waals surface area contributed by atoms with Crippen LogP contribution in [0.4, 0.5) is 0 Å². The molecule has 2 rings (SSSR count). The van der Waals surface area contributed by atoms with Gasteiger partial charge in [-0.2, -0.15) is 0 Å². The van der Waals surface area contributed by atoms with E-state index in [9.17, 15) is 9.59 Å². The van der Waals surface area contributed by atoms with Crippen molar-refractivity contribution in [3.05, 3.63) is 29.8 Å². The lowest BCUT2D eigenvalue weighted by molar-refractivity contribution is -0.122. The lowest BCUT2D eigenvalue weighted by Crippen LogP contribution is -2.40. The molecule has 1 aliphatic rings. The van der Waals surface area contributed by atoms with Gasteiger partial charge in [-0.15, -0.1) is 0 Å². The molecule has 0 bridgehead atoms. The van der Waals surface area contributed by atoms with Crippen LogP contribution in [0.5, 0.6) is 5.75 Å². The summed E-state index contributed by atoms with van der Waals surface area (Å²) in [4.78, 5) is 24.0. The molecule has 0 aromatic heterocycles. The maximum absolute atomic E-state index is 12.1. The lowest BCUT2D eigenvalue weighted by Gasteiger charge is -2.26. The molecule has 5 heteroatoms. The Kier molecular flexibility index (Phi) is 6.59. The minimum Gasteiger partial charge on any atom is -0.497 e. The number of ether oxygens (including phenoxy) is 1. The fraction of sp³-hybridized carbons (Fsp3) is 0.556. The van der Waals surface area contributed by atoms with Gasteiger partial charge in [0.2, 0.25) is 5.91 Å². The standard InChI is InChI=1S/C18H26N2O3/c1-23-16-11-5-13(6-12-16)17(21)3-2-4-18(22)20-15-9-7-14(19)8-10-15/h5-6,11-12,14-15H,2-4,7-10,19H2,1H3,(H,20,22). The normalized spacial score (nSPS) is 20.8. The molecular weight excluding hydrogens is 292 g/mol. The summed E-state index contributed by atoms with van der Waals surface area (Å²) in [6.07, 6.45) is 5.21. The van der Waals surface area contributed by atoms with Gasteiger partial charge in [-0.3, -0.25) is 9.59 Å². The zero-order valence-corrected chi connectivity index (χ0v) is 13.7. The van der Waals surface area contributed by atoms with Gasteiger partial charge in [0.1, 0.15) is 5.75 Å². The van der Waals surface area contributed by atoms with Crippen LogP contribution in [0.25, 0.3) is 0 Å². The van der Waals surface area contributed by atoms with Crippen LogP contribution in [0.15, 0.2) is 24.3 Å². The molecule has 0 atom stereocenters. The Bertz CT molecular complexity index is 520. The highest BCUT2D eigenvalue weighted by atomic mass is 16.5. The number of hydrogen-bond acceptors (Lipinski definition) is 4. The van der Waals surface area contributed by atoms with E-state index in [-0.39, 0.29) is 23.8 Å². The van der Waals surface area contributed by atoms with Crippen LogP contribution in [0.2, 0.25) is 0 Å². The van der Waals surface area contributed by atoms with E-state index < -0.39 is 0 Å². The van der Waals surface area contributed by atoms with Crippen molar-refractivity contribution in [3.8, 4) is 5.75 Å². The average molecular weight is 318 g/mol. The predicted molar refractivity (Wildman–Crippen MR) is 89.5 cm³/mol. The molecule has 0 spiro atoms. The van der Waals surface area contributed by atoms with Gasteiger partial charge in [0.15, 0.2) is 5.78 Å². The van der Waals surface area contributed by atoms with Crippen molar-refractivity contribution < 1.29 is 14.3 Å². The molecule has 1 fully saturated rings. The number of amides is 1. The first-order valence-corrected chi connectivity index (χ1v) is 8.30. The first-order chi connectivity index (χ1) is 11.1. The number of hydrogen-bond donors (Lipinski definition) is 2. The fourth-order valence-corrected chi connectivity index (χ4v) is 2.89. The molecule has 0 unspecified atom stereocenters. The van der Waals surface area contributed by atoms with E-state index in [2.05, 4.69) is 5.32 Å². The van der Waals surface area contributed by atoms with Crippen molar-refractivity contribution in [3.63, 3.8) is 0 Å². The van der Waals surface area contributed by atoms with Crippen LogP contribution >= 0.6 is 0 Å². The van der Waals surface area contributed by atoms with Gasteiger partial charge in [-0.05, 0) is 56.4 Å². The minimum absolute atomic E-state index is 0.0352. The molecule has 0 saturated heterocycles. The quantitative estimate of drug-likeness (QED) is 0.757. The maximum atomic E-state index is 12.1. The third-order valence-electron chi connectivity index (χ3n) is 4.36. The number of carbonyl (C=O) groups is 2. The van der Waals surface area contributed by atoms with E-state index in [1.807, 2.05) is 0 Å². The molecule has 23 heavy (non-hydrogen) atoms. The van der Waals surface area contributed by atoms with Gasteiger partial charge < -0.3 is 15.8 Å². The van der Waals surface area contributed by atoms with Crippen molar-refractivity contribution in [2.45, 2.75) is 57.0 Å². The largest absolute Gasteiger partial charge is 0.497 e. The number of methoxy groups -OCH3 is 1. The van der Waals surface area contributed by atoms with Crippen molar-refractivity contribution in [2.75, 3.05) is 7.11 Å². The average Bonchev–Trinajstić information content (AvgIpc) is 2.57. The van der Waals surface area contributed by atoms with Gasteiger partial charge >= 0.3 is 0 Å². The molecule has 126 valence electrons. The van der Waals surface area contributed by atoms with Gasteiger partial charge in [-0.25, -0.2) is 0 Å². The number of benzene rings is 1. The Balaban J connectivity index is 1.67. The van der Waals surface area contributed by atoms with Crippen LogP contribution in [0.3, 0.4) is 0 Å². The summed E-state index contributed by atoms with van der Waals surface area (Å²) >= 11 is 0. The Morgan fingerprint density at radius 2 is 1.78 bits per heavy atom. The van der Waals surface area contributed by atoms with Crippen molar-refractivity contribution in [2.24, 2.45) is 5.73 Å². The Morgan fingerprint density at radius 3 is 2.39 bits per heavy atom. The molecule has 1 aromatic carbocycles. The monoisotopic (exact) mass is 318 g/mol. The number of ketones is 1. The highest BCUT2D eigenvalue weighted by molar-refractivity contribution is 5.96. The smallest absolute Gasteiger partial charge is 0.220 e. The predicted octanol–water partition coefficient (Wildman–Crippen LogP) is 2.43. The summed E-state index contributed by atoms with van der Waals surface area (Å²) in [5, 5.41) is 3.05. The molecule has 0 heterocycles. The summed E-state index contributed by atoms with van der Waals surface area (Å²) in [7, 11) is 1.59. The highest BCUT2D eigenvalue weighted by Crippen LogP contribution is 2.17. The molecule has 1 saturated carbocycles. The van der Waals surface area contributed by atoms with E-state index in [1.165, 1.54) is 0 Å². The van der Waals surface area contributed by atoms with Crippen LogP contribution < -0.4 is 15.8 Å². The summed E-state index contributed by atoms with van der Waals surface area (Å²) in [6, 6.07) is 7.59. The van der Waals surface area contributed by atoms with E-state index in [0.29, 0.717) is 24.8 Å². The third kappa shape index (κ3) is 5.67. The van der Waals surface area contributed by atoms with E-state index in [0.717, 1.165) is 31.4 Å². The van der Waals surface area contributed by atoms with Crippen LogP contribution in [0.1, 0.15) is 55.3 Å². The second-order valence-electron chi connectivity index (χ2n) is 6.18. The molecule has 3 N–H and O–H groups in total. The zero-order chi connectivity index (χ0) is 16.7. The number of nitrogens with two attached hydrogens (primary N) is 1. The highest BCUT2D eigenvalue weighted by Gasteiger charge is 2.19. The maximum Gasteiger partial charge on any atom is 0.220 e. The Labute approximate surface area is 137 Å². The summed E-state index contributed by atoms with van der Waals surface area (Å²) in [5.41, 5.74) is 6.52. The van der Waals surface area contributed by atoms with Gasteiger partial charge in [0.05, 0.1) is 7.11 Å². The second-order valence-corrected chi connectivity index (χ2v) is 6.18. The fourth-order valence-electron chi connectivity index (χ4n) is 2.89. The zero-order valence-electron chi connectivity index (χ0n) is 13.7. The molecule has 1 aliphatic carbocycles. The third-order valence-corrected chi connectivity index (χ3v) is 4.36. The number of nitrogens with one attached hydrogen (secondary N) is 1. The van der Waals surface area contributed by atoms with Gasteiger partial charge in [0.25, 0.3) is 0 Å². The van der Waals surface area contributed by atoms with Crippen LogP contribution in [-0.2, 0) is 4.79 Å². The molecule has 0 radical (unpaired) electrons. The van der Waals surface area contributed by atoms with Crippen molar-refractivity contribution >= 4 is 11.7 Å². The first-order valence-electron chi connectivity index (χ1n) is 8.30. The van der Waals surface area contributed by atoms with E-state index in [1.54, 1.807) is 31.4 Å². The number of Topliss-reactive ketones (excluding diaryl/α,β-unsaturated/α-hetero) is 1. The van der Waals surface area contributed by atoms with Gasteiger partial charge in [0, 0.05) is 30.5 Å². The van der Waals surface area contributed by atoms with Gasteiger partial charge in [-0.1, -0.05) is 0 Å². The van der Waals surface area contributed by atoms with E-state index >= 15 is 0 Å². The van der Waals surface area contributed by atoms with Crippen molar-refractivity contribution in [1.29, 1.82) is 0 Å². The Morgan fingerprint density at radius 1 is 1.13 bits per heavy atom. The summed E-state index contributed by atoms with van der Waals surface area (Å²) < 4.78 is 5.07. The number of carbonyl (C=O) groups excluding carboxylic acids is 2. The minimum atomic E-state index is 0.0352. The van der Waals surface area contributed by atoms with Crippen molar-refractivity contribution in [1.82, 2.24) is 5.32 Å². The number of rotatable bonds is 7. The first kappa shape index (κ1) is 17.5. The summed E-state index contributed by atoms with van der Waals surface area (Å²) in [5.74, 6) is 0.824. The summed E-state index contributed by atoms with van der Waals surface area (Å²) in [6.45, 7) is 0. The molecule has 5 nitrogen and oxygen atoms in total. The topological polar surface area (TPSA) is 81.4 Å².